The van der Waals surface area contributed by atoms with Gasteiger partial charge in [0.1, 0.15) is 0 Å². The van der Waals surface area contributed by atoms with Gasteiger partial charge < -0.3 is 10.0 Å². The van der Waals surface area contributed by atoms with Crippen LogP contribution in [0.15, 0.2) is 48.7 Å². The number of aliphatic hydroxyl groups is 1. The Hall–Kier alpha value is -1.94. The molecule has 2 aromatic rings. The van der Waals surface area contributed by atoms with Crippen LogP contribution in [0, 0.1) is 5.95 Å². The molecule has 0 aliphatic carbocycles. The average molecular weight is 246 g/mol. The van der Waals surface area contributed by atoms with E-state index < -0.39 is 5.95 Å². The highest BCUT2D eigenvalue weighted by Crippen LogP contribution is 2.16. The fourth-order valence-corrected chi connectivity index (χ4v) is 1.81. The molecule has 1 aromatic heterocycles. The van der Waals surface area contributed by atoms with Crippen molar-refractivity contribution in [2.24, 2.45) is 0 Å². The van der Waals surface area contributed by atoms with E-state index in [1.165, 1.54) is 12.3 Å². The molecule has 0 bridgehead atoms. The van der Waals surface area contributed by atoms with E-state index in [1.54, 1.807) is 6.07 Å². The molecule has 0 fully saturated rings. The predicted molar refractivity (Wildman–Crippen MR) is 68.8 cm³/mol. The minimum absolute atomic E-state index is 0.0246. The van der Waals surface area contributed by atoms with Gasteiger partial charge in [-0.15, -0.1) is 0 Å². The number of aliphatic hydroxyl groups excluding tert-OH is 1. The molecular weight excluding hydrogens is 231 g/mol. The number of anilines is 1. The Kier molecular flexibility index (Phi) is 4.25. The van der Waals surface area contributed by atoms with Crippen molar-refractivity contribution in [1.29, 1.82) is 0 Å². The van der Waals surface area contributed by atoms with Gasteiger partial charge in [-0.1, -0.05) is 30.3 Å². The van der Waals surface area contributed by atoms with Gasteiger partial charge in [0.25, 0.3) is 0 Å². The maximum Gasteiger partial charge on any atom is 0.214 e. The summed E-state index contributed by atoms with van der Waals surface area (Å²) in [5.74, 6) is -0.511. The highest BCUT2D eigenvalue weighted by molar-refractivity contribution is 5.45. The lowest BCUT2D eigenvalue weighted by Crippen LogP contribution is -2.26. The molecule has 0 aliphatic heterocycles. The summed E-state index contributed by atoms with van der Waals surface area (Å²) in [6.45, 7) is 1.11. The van der Waals surface area contributed by atoms with Crippen molar-refractivity contribution in [3.63, 3.8) is 0 Å². The number of hydrogen-bond acceptors (Lipinski definition) is 3. The summed E-state index contributed by atoms with van der Waals surface area (Å²) in [5.41, 5.74) is 1.84. The van der Waals surface area contributed by atoms with Gasteiger partial charge in [-0.05, 0) is 11.6 Å². The second-order valence-corrected chi connectivity index (χ2v) is 3.97. The van der Waals surface area contributed by atoms with E-state index >= 15 is 0 Å². The summed E-state index contributed by atoms with van der Waals surface area (Å²) in [6, 6.07) is 13.0. The lowest BCUT2D eigenvalue weighted by atomic mass is 10.2. The molecule has 0 radical (unpaired) electrons. The van der Waals surface area contributed by atoms with Crippen molar-refractivity contribution < 1.29 is 9.50 Å². The topological polar surface area (TPSA) is 36.4 Å². The molecule has 0 spiro atoms. The third kappa shape index (κ3) is 3.28. The van der Waals surface area contributed by atoms with Gasteiger partial charge in [0.05, 0.1) is 6.61 Å². The van der Waals surface area contributed by atoms with Gasteiger partial charge >= 0.3 is 0 Å². The summed E-state index contributed by atoms with van der Waals surface area (Å²) < 4.78 is 13.1. The first-order chi connectivity index (χ1) is 8.79. The van der Waals surface area contributed by atoms with Gasteiger partial charge in [0.2, 0.25) is 5.95 Å². The number of rotatable bonds is 5. The van der Waals surface area contributed by atoms with Crippen LogP contribution in [0.5, 0.6) is 0 Å². The van der Waals surface area contributed by atoms with Gasteiger partial charge in [-0.3, -0.25) is 0 Å². The number of aromatic nitrogens is 1. The summed E-state index contributed by atoms with van der Waals surface area (Å²) in [7, 11) is 0. The maximum atomic E-state index is 13.1. The van der Waals surface area contributed by atoms with Crippen molar-refractivity contribution in [3.8, 4) is 0 Å². The predicted octanol–water partition coefficient (Wildman–Crippen LogP) is 2.22. The fourth-order valence-electron chi connectivity index (χ4n) is 1.81. The second-order valence-electron chi connectivity index (χ2n) is 3.97. The highest BCUT2D eigenvalue weighted by Gasteiger charge is 2.07. The summed E-state index contributed by atoms with van der Waals surface area (Å²) in [6.07, 6.45) is 1.43. The third-order valence-corrected chi connectivity index (χ3v) is 2.66. The Labute approximate surface area is 106 Å². The first kappa shape index (κ1) is 12.5. The summed E-state index contributed by atoms with van der Waals surface area (Å²) >= 11 is 0. The lowest BCUT2D eigenvalue weighted by molar-refractivity contribution is 0.301. The van der Waals surface area contributed by atoms with Crippen LogP contribution in [0.1, 0.15) is 5.56 Å². The monoisotopic (exact) mass is 246 g/mol. The van der Waals surface area contributed by atoms with Crippen molar-refractivity contribution in [2.45, 2.75) is 6.54 Å². The standard InChI is InChI=1S/C14H15FN2O/c15-14-10-13(6-7-16-14)17(8-9-18)11-12-4-2-1-3-5-12/h1-7,10,18H,8-9,11H2. The molecule has 0 aliphatic rings. The third-order valence-electron chi connectivity index (χ3n) is 2.66. The van der Waals surface area contributed by atoms with E-state index in [-0.39, 0.29) is 6.61 Å². The van der Waals surface area contributed by atoms with Crippen molar-refractivity contribution in [2.75, 3.05) is 18.1 Å². The van der Waals surface area contributed by atoms with E-state index in [4.69, 9.17) is 5.11 Å². The molecule has 94 valence electrons. The van der Waals surface area contributed by atoms with Crippen LogP contribution in [0.2, 0.25) is 0 Å². The Balaban J connectivity index is 2.18. The van der Waals surface area contributed by atoms with Gasteiger partial charge in [-0.2, -0.15) is 4.39 Å². The van der Waals surface area contributed by atoms with Crippen LogP contribution in [-0.2, 0) is 6.54 Å². The normalized spacial score (nSPS) is 10.3. The van der Waals surface area contributed by atoms with Crippen LogP contribution in [-0.4, -0.2) is 23.2 Å². The molecule has 0 saturated carbocycles. The Morgan fingerprint density at radius 2 is 1.94 bits per heavy atom. The largest absolute Gasteiger partial charge is 0.395 e. The van der Waals surface area contributed by atoms with Crippen molar-refractivity contribution in [1.82, 2.24) is 4.98 Å². The average Bonchev–Trinajstić information content (AvgIpc) is 2.39. The van der Waals surface area contributed by atoms with Crippen LogP contribution in [0.4, 0.5) is 10.1 Å². The zero-order valence-electron chi connectivity index (χ0n) is 9.96. The van der Waals surface area contributed by atoms with E-state index in [0.717, 1.165) is 11.3 Å². The first-order valence-corrected chi connectivity index (χ1v) is 5.81. The van der Waals surface area contributed by atoms with Crippen LogP contribution < -0.4 is 4.90 Å². The first-order valence-electron chi connectivity index (χ1n) is 5.81. The van der Waals surface area contributed by atoms with Gasteiger partial charge in [-0.25, -0.2) is 4.98 Å². The van der Waals surface area contributed by atoms with Gasteiger partial charge in [0, 0.05) is 31.0 Å². The SMILES string of the molecule is OCCN(Cc1ccccc1)c1ccnc(F)c1. The minimum atomic E-state index is -0.511. The van der Waals surface area contributed by atoms with E-state index in [1.807, 2.05) is 35.2 Å². The molecule has 1 N–H and O–H groups in total. The number of nitrogens with zero attached hydrogens (tertiary/aromatic N) is 2. The molecule has 0 unspecified atom stereocenters. The van der Waals surface area contributed by atoms with Crippen molar-refractivity contribution >= 4 is 5.69 Å². The minimum Gasteiger partial charge on any atom is -0.395 e. The van der Waals surface area contributed by atoms with E-state index in [0.29, 0.717) is 13.1 Å². The molecule has 1 aromatic carbocycles. The van der Waals surface area contributed by atoms with E-state index in [2.05, 4.69) is 4.98 Å². The zero-order valence-corrected chi connectivity index (χ0v) is 9.96. The Bertz CT molecular complexity index is 490. The number of pyridine rings is 1. The summed E-state index contributed by atoms with van der Waals surface area (Å²) in [5, 5.41) is 9.09. The molecule has 2 rings (SSSR count). The molecule has 1 heterocycles. The molecule has 0 amide bonds. The lowest BCUT2D eigenvalue weighted by Gasteiger charge is -2.23. The molecular formula is C14H15FN2O. The molecule has 0 saturated heterocycles. The number of benzene rings is 1. The maximum absolute atomic E-state index is 13.1. The Morgan fingerprint density at radius 1 is 1.17 bits per heavy atom. The van der Waals surface area contributed by atoms with E-state index in [9.17, 15) is 4.39 Å². The second kappa shape index (κ2) is 6.12. The number of halogens is 1. The quantitative estimate of drug-likeness (QED) is 0.822. The zero-order chi connectivity index (χ0) is 12.8. The summed E-state index contributed by atoms with van der Waals surface area (Å²) in [4.78, 5) is 5.45. The molecule has 3 nitrogen and oxygen atoms in total. The number of hydrogen-bond donors (Lipinski definition) is 1. The highest BCUT2D eigenvalue weighted by atomic mass is 19.1. The smallest absolute Gasteiger partial charge is 0.214 e. The van der Waals surface area contributed by atoms with Crippen LogP contribution >= 0.6 is 0 Å². The van der Waals surface area contributed by atoms with Crippen LogP contribution in [0.25, 0.3) is 0 Å². The van der Waals surface area contributed by atoms with Crippen LogP contribution in [0.3, 0.4) is 0 Å². The fraction of sp³-hybridized carbons (Fsp3) is 0.214. The van der Waals surface area contributed by atoms with Gasteiger partial charge in [0.15, 0.2) is 0 Å². The molecule has 4 heteroatoms. The van der Waals surface area contributed by atoms with Crippen molar-refractivity contribution in [3.05, 3.63) is 60.2 Å². The Morgan fingerprint density at radius 3 is 2.61 bits per heavy atom. The molecule has 0 atom stereocenters. The molecule has 18 heavy (non-hydrogen) atoms.